The molecule has 0 spiro atoms. The fourth-order valence-corrected chi connectivity index (χ4v) is 6.18. The molecule has 4 unspecified atom stereocenters. The summed E-state index contributed by atoms with van der Waals surface area (Å²) < 4.78 is 13.9. The summed E-state index contributed by atoms with van der Waals surface area (Å²) in [6, 6.07) is 27.6. The Labute approximate surface area is 239 Å². The van der Waals surface area contributed by atoms with Crippen molar-refractivity contribution < 1.29 is 14.3 Å². The lowest BCUT2D eigenvalue weighted by Crippen LogP contribution is -2.38. The van der Waals surface area contributed by atoms with Gasteiger partial charge in [-0.3, -0.25) is 4.79 Å². The van der Waals surface area contributed by atoms with Crippen LogP contribution in [0.2, 0.25) is 0 Å². The van der Waals surface area contributed by atoms with Crippen LogP contribution in [0, 0.1) is 29.0 Å². The molecule has 0 fully saturated rings. The lowest BCUT2D eigenvalue weighted by Gasteiger charge is -2.36. The molecule has 3 aromatic rings. The Morgan fingerprint density at radius 1 is 0.975 bits per heavy atom. The number of hydrogen-bond donors (Lipinski definition) is 2. The van der Waals surface area contributed by atoms with Gasteiger partial charge in [0, 0.05) is 19.1 Å². The highest BCUT2D eigenvalue weighted by atomic mass is 19.1. The third kappa shape index (κ3) is 7.69. The van der Waals surface area contributed by atoms with E-state index in [9.17, 15) is 14.3 Å². The number of aliphatic hydroxyl groups excluding tert-OH is 1. The minimum Gasteiger partial charge on any atom is -0.396 e. The topological polar surface area (TPSA) is 49.3 Å². The maximum atomic E-state index is 14.2. The standard InChI is InChI=1S/C36H44FNO2/c1-26-15-21-32(28-17-19-30(37)20-18-28)34(35(40)38-24-10-23-36(2,3)25-39)33(29-13-8-5-9-14-29)31(26)22-16-27-11-6-4-7-12-27/h4-9,11-14,17-21,26,31,33-34,39H,10,15-16,22-25H2,1-3H3,(H,38,40). The maximum Gasteiger partial charge on any atom is 0.228 e. The number of allylic oxidation sites excluding steroid dienone is 1. The fourth-order valence-electron chi connectivity index (χ4n) is 6.18. The van der Waals surface area contributed by atoms with Gasteiger partial charge >= 0.3 is 0 Å². The van der Waals surface area contributed by atoms with E-state index < -0.39 is 5.92 Å². The molecule has 4 heteroatoms. The minimum absolute atomic E-state index is 0.0186. The second-order valence-electron chi connectivity index (χ2n) is 12.2. The van der Waals surface area contributed by atoms with E-state index in [1.54, 1.807) is 0 Å². The first-order chi connectivity index (χ1) is 19.3. The van der Waals surface area contributed by atoms with E-state index in [1.807, 2.05) is 38.1 Å². The van der Waals surface area contributed by atoms with E-state index in [2.05, 4.69) is 66.8 Å². The minimum atomic E-state index is -0.399. The summed E-state index contributed by atoms with van der Waals surface area (Å²) in [5, 5.41) is 12.9. The average molecular weight is 542 g/mol. The van der Waals surface area contributed by atoms with Crippen LogP contribution in [-0.2, 0) is 11.2 Å². The van der Waals surface area contributed by atoms with Crippen LogP contribution in [0.3, 0.4) is 0 Å². The number of aliphatic hydroxyl groups is 1. The number of carbonyl (C=O) groups is 1. The first kappa shape index (κ1) is 29.7. The van der Waals surface area contributed by atoms with Gasteiger partial charge in [-0.05, 0) is 83.8 Å². The third-order valence-corrected chi connectivity index (χ3v) is 8.61. The number of benzene rings is 3. The van der Waals surface area contributed by atoms with Crippen molar-refractivity contribution in [3.05, 3.63) is 114 Å². The van der Waals surface area contributed by atoms with Crippen molar-refractivity contribution in [2.75, 3.05) is 13.2 Å². The smallest absolute Gasteiger partial charge is 0.228 e. The van der Waals surface area contributed by atoms with Crippen LogP contribution in [0.1, 0.15) is 69.1 Å². The van der Waals surface area contributed by atoms with Crippen LogP contribution in [0.15, 0.2) is 91.0 Å². The highest BCUT2D eigenvalue weighted by Gasteiger charge is 2.41. The van der Waals surface area contributed by atoms with Gasteiger partial charge < -0.3 is 10.4 Å². The molecular formula is C36H44FNO2. The van der Waals surface area contributed by atoms with E-state index in [0.29, 0.717) is 12.5 Å². The number of nitrogens with one attached hydrogen (secondary N) is 1. The highest BCUT2D eigenvalue weighted by molar-refractivity contribution is 5.93. The lowest BCUT2D eigenvalue weighted by atomic mass is 9.68. The Hall–Kier alpha value is -3.24. The molecule has 1 amide bonds. The van der Waals surface area contributed by atoms with Crippen LogP contribution in [0.5, 0.6) is 0 Å². The molecule has 0 saturated heterocycles. The van der Waals surface area contributed by atoms with E-state index in [-0.39, 0.29) is 35.6 Å². The van der Waals surface area contributed by atoms with Gasteiger partial charge in [-0.25, -0.2) is 4.39 Å². The second-order valence-corrected chi connectivity index (χ2v) is 12.2. The predicted molar refractivity (Wildman–Crippen MR) is 162 cm³/mol. The molecule has 212 valence electrons. The monoisotopic (exact) mass is 541 g/mol. The van der Waals surface area contributed by atoms with Gasteiger partial charge in [0.05, 0.1) is 5.92 Å². The molecule has 3 nitrogen and oxygen atoms in total. The van der Waals surface area contributed by atoms with Gasteiger partial charge in [0.1, 0.15) is 5.82 Å². The van der Waals surface area contributed by atoms with Crippen LogP contribution in [0.25, 0.3) is 5.57 Å². The van der Waals surface area contributed by atoms with Crippen molar-refractivity contribution in [3.8, 4) is 0 Å². The van der Waals surface area contributed by atoms with Crippen molar-refractivity contribution in [1.82, 2.24) is 5.32 Å². The first-order valence-corrected chi connectivity index (χ1v) is 14.7. The molecule has 3 aromatic carbocycles. The Kier molecular flexibility index (Phi) is 10.3. The summed E-state index contributed by atoms with van der Waals surface area (Å²) in [6.45, 7) is 7.07. The number of hydrogen-bond acceptors (Lipinski definition) is 2. The van der Waals surface area contributed by atoms with Gasteiger partial charge in [0.25, 0.3) is 0 Å². The molecule has 2 N–H and O–H groups in total. The molecular weight excluding hydrogens is 497 g/mol. The fraction of sp³-hybridized carbons (Fsp3) is 0.417. The van der Waals surface area contributed by atoms with E-state index in [4.69, 9.17) is 0 Å². The van der Waals surface area contributed by atoms with Crippen molar-refractivity contribution in [1.29, 1.82) is 0 Å². The third-order valence-electron chi connectivity index (χ3n) is 8.61. The van der Waals surface area contributed by atoms with E-state index in [1.165, 1.54) is 23.3 Å². The Bertz CT molecular complexity index is 1240. The van der Waals surface area contributed by atoms with Crippen LogP contribution in [0.4, 0.5) is 4.39 Å². The van der Waals surface area contributed by atoms with Crippen molar-refractivity contribution in [3.63, 3.8) is 0 Å². The van der Waals surface area contributed by atoms with Gasteiger partial charge in [0.15, 0.2) is 0 Å². The zero-order chi connectivity index (χ0) is 28.5. The SMILES string of the molecule is CC1CC=C(c2ccc(F)cc2)C(C(=O)NCCCC(C)(C)CO)C(c2ccccc2)C1CCc1ccccc1. The Morgan fingerprint density at radius 2 is 1.62 bits per heavy atom. The maximum absolute atomic E-state index is 14.2. The van der Waals surface area contributed by atoms with Crippen molar-refractivity contribution >= 4 is 11.5 Å². The second kappa shape index (κ2) is 13.9. The Morgan fingerprint density at radius 3 is 2.27 bits per heavy atom. The molecule has 0 saturated carbocycles. The lowest BCUT2D eigenvalue weighted by molar-refractivity contribution is -0.124. The van der Waals surface area contributed by atoms with Gasteiger partial charge in [-0.1, -0.05) is 99.6 Å². The molecule has 0 heterocycles. The highest BCUT2D eigenvalue weighted by Crippen LogP contribution is 2.48. The quantitative estimate of drug-likeness (QED) is 0.243. The summed E-state index contributed by atoms with van der Waals surface area (Å²) in [6.07, 6.45) is 6.65. The average Bonchev–Trinajstić information content (AvgIpc) is 3.12. The first-order valence-electron chi connectivity index (χ1n) is 14.7. The molecule has 0 radical (unpaired) electrons. The van der Waals surface area contributed by atoms with Crippen LogP contribution < -0.4 is 5.32 Å². The summed E-state index contributed by atoms with van der Waals surface area (Å²) in [5.41, 5.74) is 4.20. The molecule has 0 bridgehead atoms. The Balaban J connectivity index is 1.71. The number of amides is 1. The van der Waals surface area contributed by atoms with Gasteiger partial charge in [0.2, 0.25) is 5.91 Å². The molecule has 0 aliphatic heterocycles. The zero-order valence-electron chi connectivity index (χ0n) is 24.2. The number of aryl methyl sites for hydroxylation is 1. The molecule has 4 atom stereocenters. The molecule has 1 aliphatic carbocycles. The molecule has 4 rings (SSSR count). The molecule has 0 aromatic heterocycles. The summed E-state index contributed by atoms with van der Waals surface area (Å²) >= 11 is 0. The van der Waals surface area contributed by atoms with E-state index in [0.717, 1.165) is 43.2 Å². The van der Waals surface area contributed by atoms with E-state index >= 15 is 0 Å². The summed E-state index contributed by atoms with van der Waals surface area (Å²) in [7, 11) is 0. The van der Waals surface area contributed by atoms with Crippen LogP contribution in [-0.4, -0.2) is 24.2 Å². The van der Waals surface area contributed by atoms with Crippen LogP contribution >= 0.6 is 0 Å². The normalized spacial score (nSPS) is 21.4. The van der Waals surface area contributed by atoms with Crippen molar-refractivity contribution in [2.45, 2.75) is 58.8 Å². The predicted octanol–water partition coefficient (Wildman–Crippen LogP) is 7.81. The largest absolute Gasteiger partial charge is 0.396 e. The number of carbonyl (C=O) groups excluding carboxylic acids is 1. The summed E-state index contributed by atoms with van der Waals surface area (Å²) in [4.78, 5) is 14.2. The zero-order valence-corrected chi connectivity index (χ0v) is 24.2. The molecule has 1 aliphatic rings. The molecule has 40 heavy (non-hydrogen) atoms. The number of halogens is 1. The number of rotatable bonds is 11. The van der Waals surface area contributed by atoms with Gasteiger partial charge in [-0.2, -0.15) is 0 Å². The summed E-state index contributed by atoms with van der Waals surface area (Å²) in [5.74, 6) is -0.0327. The van der Waals surface area contributed by atoms with Gasteiger partial charge in [-0.15, -0.1) is 0 Å². The van der Waals surface area contributed by atoms with Crippen molar-refractivity contribution in [2.24, 2.45) is 23.2 Å².